The van der Waals surface area contributed by atoms with Crippen molar-refractivity contribution in [3.8, 4) is 0 Å². The van der Waals surface area contributed by atoms with Gasteiger partial charge in [0.05, 0.1) is 6.54 Å². The first-order chi connectivity index (χ1) is 9.90. The van der Waals surface area contributed by atoms with Crippen molar-refractivity contribution in [2.75, 3.05) is 25.1 Å². The van der Waals surface area contributed by atoms with Crippen LogP contribution in [-0.4, -0.2) is 33.5 Å². The van der Waals surface area contributed by atoms with E-state index in [9.17, 15) is 8.42 Å². The van der Waals surface area contributed by atoms with Gasteiger partial charge in [-0.1, -0.05) is 13.8 Å². The third kappa shape index (κ3) is 6.32. The quantitative estimate of drug-likeness (QED) is 0.592. The van der Waals surface area contributed by atoms with Gasteiger partial charge < -0.3 is 9.73 Å². The lowest BCUT2D eigenvalue weighted by molar-refractivity contribution is 0.460. The lowest BCUT2D eigenvalue weighted by Gasteiger charge is -2.10. The highest BCUT2D eigenvalue weighted by Crippen LogP contribution is 2.26. The summed E-state index contributed by atoms with van der Waals surface area (Å²) in [5.41, 5.74) is 0. The molecule has 8 heteroatoms. The van der Waals surface area contributed by atoms with Crippen molar-refractivity contribution in [3.63, 3.8) is 0 Å². The molecule has 0 radical (unpaired) electrons. The Morgan fingerprint density at radius 3 is 2.81 bits per heavy atom. The van der Waals surface area contributed by atoms with E-state index in [0.29, 0.717) is 18.8 Å². The molecule has 0 aliphatic heterocycles. The fourth-order valence-corrected chi connectivity index (χ4v) is 4.58. The normalized spacial score (nSPS) is 13.5. The number of nitrogens with one attached hydrogen (secondary N) is 2. The molecule has 0 saturated heterocycles. The fraction of sp³-hybridized carbons (Fsp3) is 0.692. The van der Waals surface area contributed by atoms with Crippen LogP contribution in [0.15, 0.2) is 20.0 Å². The zero-order valence-electron chi connectivity index (χ0n) is 12.6. The maximum Gasteiger partial charge on any atom is 0.244 e. The number of rotatable bonds is 10. The van der Waals surface area contributed by atoms with Crippen LogP contribution in [-0.2, 0) is 16.6 Å². The average molecular weight is 399 g/mol. The molecule has 1 atom stereocenters. The van der Waals surface area contributed by atoms with Gasteiger partial charge in [0.2, 0.25) is 10.0 Å². The van der Waals surface area contributed by atoms with Gasteiger partial charge in [-0.3, -0.25) is 0 Å². The highest BCUT2D eigenvalue weighted by molar-refractivity contribution is 9.10. The largest absolute Gasteiger partial charge is 0.452 e. The van der Waals surface area contributed by atoms with Gasteiger partial charge in [-0.15, -0.1) is 0 Å². The number of hydrogen-bond donors (Lipinski definition) is 2. The van der Waals surface area contributed by atoms with E-state index in [2.05, 4.69) is 32.9 Å². The first-order valence-corrected chi connectivity index (χ1v) is 10.5. The van der Waals surface area contributed by atoms with Crippen LogP contribution >= 0.6 is 27.7 Å². The van der Waals surface area contributed by atoms with Gasteiger partial charge in [-0.25, -0.2) is 13.1 Å². The van der Waals surface area contributed by atoms with Crippen molar-refractivity contribution >= 4 is 37.7 Å². The molecule has 5 nitrogen and oxygen atoms in total. The van der Waals surface area contributed by atoms with Crippen molar-refractivity contribution < 1.29 is 12.8 Å². The Hall–Kier alpha value is -0.0200. The SMILES string of the molecule is CCCNCc1cc(S(=O)(=O)NCC(C)CSC)c(Br)o1. The maximum atomic E-state index is 12.3. The summed E-state index contributed by atoms with van der Waals surface area (Å²) in [6, 6.07) is 1.56. The third-order valence-corrected chi connectivity index (χ3v) is 5.98. The van der Waals surface area contributed by atoms with E-state index < -0.39 is 10.0 Å². The second kappa shape index (κ2) is 9.19. The van der Waals surface area contributed by atoms with Gasteiger partial charge in [0.25, 0.3) is 0 Å². The second-order valence-corrected chi connectivity index (χ2v) is 8.31. The summed E-state index contributed by atoms with van der Waals surface area (Å²) in [5.74, 6) is 1.81. The molecule has 1 unspecified atom stereocenters. The molecule has 1 rings (SSSR count). The highest BCUT2D eigenvalue weighted by Gasteiger charge is 2.22. The molecule has 21 heavy (non-hydrogen) atoms. The summed E-state index contributed by atoms with van der Waals surface area (Å²) < 4.78 is 32.9. The molecule has 0 saturated carbocycles. The van der Waals surface area contributed by atoms with Crippen LogP contribution in [0.3, 0.4) is 0 Å². The van der Waals surface area contributed by atoms with Crippen molar-refractivity contribution in [2.45, 2.75) is 31.7 Å². The molecule has 2 N–H and O–H groups in total. The molecule has 0 aliphatic rings. The molecule has 0 fully saturated rings. The predicted octanol–water partition coefficient (Wildman–Crippen LogP) is 2.82. The van der Waals surface area contributed by atoms with E-state index in [0.717, 1.165) is 18.7 Å². The number of halogens is 1. The van der Waals surface area contributed by atoms with Gasteiger partial charge in [-0.2, -0.15) is 11.8 Å². The minimum Gasteiger partial charge on any atom is -0.452 e. The van der Waals surface area contributed by atoms with Gasteiger partial charge in [0, 0.05) is 12.6 Å². The Kier molecular flexibility index (Phi) is 8.33. The molecular weight excluding hydrogens is 376 g/mol. The lowest BCUT2D eigenvalue weighted by Crippen LogP contribution is -2.29. The number of thioether (sulfide) groups is 1. The Morgan fingerprint density at radius 1 is 1.48 bits per heavy atom. The minimum absolute atomic E-state index is 0.159. The van der Waals surface area contributed by atoms with E-state index in [-0.39, 0.29) is 15.5 Å². The van der Waals surface area contributed by atoms with Crippen LogP contribution in [0.2, 0.25) is 0 Å². The highest BCUT2D eigenvalue weighted by atomic mass is 79.9. The molecule has 1 heterocycles. The molecule has 0 aliphatic carbocycles. The van der Waals surface area contributed by atoms with Crippen molar-refractivity contribution in [2.24, 2.45) is 5.92 Å². The summed E-state index contributed by atoms with van der Waals surface area (Å²) in [7, 11) is -3.54. The Balaban J connectivity index is 2.69. The van der Waals surface area contributed by atoms with Crippen LogP contribution in [0.5, 0.6) is 0 Å². The Morgan fingerprint density at radius 2 is 2.19 bits per heavy atom. The minimum atomic E-state index is -3.54. The molecule has 1 aromatic heterocycles. The molecule has 1 aromatic rings. The van der Waals surface area contributed by atoms with E-state index in [1.807, 2.05) is 13.2 Å². The predicted molar refractivity (Wildman–Crippen MR) is 91.1 cm³/mol. The van der Waals surface area contributed by atoms with Crippen LogP contribution in [0, 0.1) is 5.92 Å². The van der Waals surface area contributed by atoms with Crippen LogP contribution in [0.1, 0.15) is 26.0 Å². The van der Waals surface area contributed by atoms with Gasteiger partial charge in [-0.05, 0) is 46.8 Å². The van der Waals surface area contributed by atoms with Crippen LogP contribution < -0.4 is 10.0 Å². The Labute approximate surface area is 139 Å². The van der Waals surface area contributed by atoms with E-state index >= 15 is 0 Å². The third-order valence-electron chi connectivity index (χ3n) is 2.80. The van der Waals surface area contributed by atoms with E-state index in [1.165, 1.54) is 0 Å². The monoisotopic (exact) mass is 398 g/mol. The fourth-order valence-electron chi connectivity index (χ4n) is 1.73. The average Bonchev–Trinajstić information content (AvgIpc) is 2.79. The standard InChI is InChI=1S/C13H23BrN2O3S2/c1-4-5-15-8-11-6-12(13(14)19-11)21(17,18)16-7-10(2)9-20-3/h6,10,15-16H,4-5,7-9H2,1-3H3. The lowest BCUT2D eigenvalue weighted by atomic mass is 10.2. The van der Waals surface area contributed by atoms with Crippen molar-refractivity contribution in [1.82, 2.24) is 10.0 Å². The molecular formula is C13H23BrN2O3S2. The number of furan rings is 1. The Bertz CT molecular complexity index is 532. The van der Waals surface area contributed by atoms with Crippen LogP contribution in [0.4, 0.5) is 0 Å². The summed E-state index contributed by atoms with van der Waals surface area (Å²) in [6.45, 7) is 5.89. The smallest absolute Gasteiger partial charge is 0.244 e. The first kappa shape index (κ1) is 19.0. The zero-order valence-corrected chi connectivity index (χ0v) is 15.8. The first-order valence-electron chi connectivity index (χ1n) is 6.88. The molecule has 122 valence electrons. The summed E-state index contributed by atoms with van der Waals surface area (Å²) in [4.78, 5) is 0.159. The van der Waals surface area contributed by atoms with Gasteiger partial charge in [0.15, 0.2) is 4.67 Å². The van der Waals surface area contributed by atoms with Crippen LogP contribution in [0.25, 0.3) is 0 Å². The van der Waals surface area contributed by atoms with Gasteiger partial charge in [0.1, 0.15) is 10.7 Å². The summed E-state index contributed by atoms with van der Waals surface area (Å²) >= 11 is 4.89. The maximum absolute atomic E-state index is 12.3. The number of hydrogen-bond acceptors (Lipinski definition) is 5. The molecule has 0 bridgehead atoms. The number of sulfonamides is 1. The molecule has 0 aromatic carbocycles. The van der Waals surface area contributed by atoms with Crippen molar-refractivity contribution in [1.29, 1.82) is 0 Å². The molecule has 0 amide bonds. The topological polar surface area (TPSA) is 71.3 Å². The second-order valence-electron chi connectivity index (χ2n) is 4.94. The summed E-state index contributed by atoms with van der Waals surface area (Å²) in [6.07, 6.45) is 3.02. The van der Waals surface area contributed by atoms with E-state index in [1.54, 1.807) is 17.8 Å². The molecule has 0 spiro atoms. The van der Waals surface area contributed by atoms with Crippen molar-refractivity contribution in [3.05, 3.63) is 16.5 Å². The van der Waals surface area contributed by atoms with E-state index in [4.69, 9.17) is 4.42 Å². The van der Waals surface area contributed by atoms with Gasteiger partial charge >= 0.3 is 0 Å². The summed E-state index contributed by atoms with van der Waals surface area (Å²) in [5, 5.41) is 3.18. The zero-order chi connectivity index (χ0) is 15.9.